The number of carbonyl (C=O) groups is 2. The van der Waals surface area contributed by atoms with Crippen molar-refractivity contribution in [2.24, 2.45) is 0 Å². The monoisotopic (exact) mass is 298 g/mol. The van der Waals surface area contributed by atoms with Crippen LogP contribution >= 0.6 is 15.9 Å². The number of rotatable bonds is 4. The fraction of sp³-hybridized carbons (Fsp3) is 0.333. The predicted octanol–water partition coefficient (Wildman–Crippen LogP) is 1.70. The van der Waals surface area contributed by atoms with Crippen molar-refractivity contribution >= 4 is 27.7 Å². The second-order valence-electron chi connectivity index (χ2n) is 3.60. The molecule has 0 radical (unpaired) electrons. The number of benzene rings is 1. The Morgan fingerprint density at radius 3 is 2.41 bits per heavy atom. The molecule has 1 aromatic rings. The van der Waals surface area contributed by atoms with E-state index in [4.69, 9.17) is 0 Å². The van der Waals surface area contributed by atoms with Gasteiger partial charge in [0.1, 0.15) is 6.04 Å². The second kappa shape index (κ2) is 6.39. The van der Waals surface area contributed by atoms with E-state index in [-0.39, 0.29) is 11.8 Å². The van der Waals surface area contributed by atoms with Crippen LogP contribution in [0, 0.1) is 0 Å². The number of amides is 2. The van der Waals surface area contributed by atoms with Crippen molar-refractivity contribution in [1.29, 1.82) is 0 Å². The van der Waals surface area contributed by atoms with Crippen LogP contribution in [-0.2, 0) is 4.79 Å². The minimum Gasteiger partial charge on any atom is -0.355 e. The van der Waals surface area contributed by atoms with Gasteiger partial charge in [0.25, 0.3) is 5.91 Å². The molecule has 2 N–H and O–H groups in total. The Hall–Kier alpha value is -1.36. The number of halogens is 1. The summed E-state index contributed by atoms with van der Waals surface area (Å²) in [5.41, 5.74) is 0.532. The first kappa shape index (κ1) is 13.7. The van der Waals surface area contributed by atoms with Crippen LogP contribution in [0.2, 0.25) is 0 Å². The van der Waals surface area contributed by atoms with E-state index in [2.05, 4.69) is 26.6 Å². The Morgan fingerprint density at radius 2 is 1.88 bits per heavy atom. The minimum atomic E-state index is -0.536. The summed E-state index contributed by atoms with van der Waals surface area (Å²) >= 11 is 3.29. The fourth-order valence-electron chi connectivity index (χ4n) is 1.27. The molecule has 0 saturated carbocycles. The van der Waals surface area contributed by atoms with Crippen molar-refractivity contribution in [1.82, 2.24) is 10.6 Å². The van der Waals surface area contributed by atoms with Gasteiger partial charge in [0.05, 0.1) is 0 Å². The lowest BCUT2D eigenvalue weighted by Gasteiger charge is -2.13. The maximum atomic E-state index is 11.8. The topological polar surface area (TPSA) is 58.2 Å². The van der Waals surface area contributed by atoms with Crippen LogP contribution in [0.1, 0.15) is 24.2 Å². The first-order chi connectivity index (χ1) is 8.04. The molecule has 1 rings (SSSR count). The lowest BCUT2D eigenvalue weighted by atomic mass is 10.2. The summed E-state index contributed by atoms with van der Waals surface area (Å²) in [6, 6.07) is 6.43. The van der Waals surface area contributed by atoms with Gasteiger partial charge in [-0.25, -0.2) is 0 Å². The van der Waals surface area contributed by atoms with Crippen molar-refractivity contribution < 1.29 is 9.59 Å². The van der Waals surface area contributed by atoms with Gasteiger partial charge in [-0.05, 0) is 38.1 Å². The third kappa shape index (κ3) is 4.19. The normalized spacial score (nSPS) is 11.7. The van der Waals surface area contributed by atoms with Crippen LogP contribution in [0.5, 0.6) is 0 Å². The highest BCUT2D eigenvalue weighted by atomic mass is 79.9. The number of likely N-dealkylation sites (N-methyl/N-ethyl adjacent to an activating group) is 1. The standard InChI is InChI=1S/C12H15BrN2O2/c1-3-14-11(16)8(2)15-12(17)9-4-6-10(13)7-5-9/h4-8H,3H2,1-2H3,(H,14,16)(H,15,17)/t8-/m1/s1. The van der Waals surface area contributed by atoms with E-state index in [0.717, 1.165) is 4.47 Å². The summed E-state index contributed by atoms with van der Waals surface area (Å²) in [6.07, 6.45) is 0. The van der Waals surface area contributed by atoms with E-state index < -0.39 is 6.04 Å². The van der Waals surface area contributed by atoms with Gasteiger partial charge in [0, 0.05) is 16.6 Å². The first-order valence-corrected chi connectivity index (χ1v) is 6.18. The summed E-state index contributed by atoms with van der Waals surface area (Å²) < 4.78 is 0.908. The molecule has 0 aliphatic carbocycles. The molecular formula is C12H15BrN2O2. The summed E-state index contributed by atoms with van der Waals surface area (Å²) in [7, 11) is 0. The van der Waals surface area contributed by atoms with Gasteiger partial charge in [0.15, 0.2) is 0 Å². The van der Waals surface area contributed by atoms with Gasteiger partial charge in [-0.1, -0.05) is 15.9 Å². The van der Waals surface area contributed by atoms with Gasteiger partial charge < -0.3 is 10.6 Å². The highest BCUT2D eigenvalue weighted by Gasteiger charge is 2.15. The molecule has 0 unspecified atom stereocenters. The molecule has 0 aliphatic heterocycles. The summed E-state index contributed by atoms with van der Waals surface area (Å²) in [5, 5.41) is 5.28. The zero-order chi connectivity index (χ0) is 12.8. The molecule has 2 amide bonds. The highest BCUT2D eigenvalue weighted by molar-refractivity contribution is 9.10. The molecule has 92 valence electrons. The quantitative estimate of drug-likeness (QED) is 0.889. The van der Waals surface area contributed by atoms with E-state index in [9.17, 15) is 9.59 Å². The van der Waals surface area contributed by atoms with E-state index in [0.29, 0.717) is 12.1 Å². The summed E-state index contributed by atoms with van der Waals surface area (Å²) in [4.78, 5) is 23.2. The average molecular weight is 299 g/mol. The molecule has 0 aliphatic rings. The zero-order valence-electron chi connectivity index (χ0n) is 9.79. The lowest BCUT2D eigenvalue weighted by Crippen LogP contribution is -2.44. The maximum absolute atomic E-state index is 11.8. The number of nitrogens with one attached hydrogen (secondary N) is 2. The van der Waals surface area contributed by atoms with E-state index in [1.165, 1.54) is 0 Å². The van der Waals surface area contributed by atoms with Crippen molar-refractivity contribution in [2.75, 3.05) is 6.54 Å². The minimum absolute atomic E-state index is 0.182. The van der Waals surface area contributed by atoms with Crippen molar-refractivity contribution in [3.8, 4) is 0 Å². The number of carbonyl (C=O) groups excluding carboxylic acids is 2. The van der Waals surface area contributed by atoms with Crippen LogP contribution in [0.3, 0.4) is 0 Å². The molecule has 0 spiro atoms. The van der Waals surface area contributed by atoms with Crippen LogP contribution in [0.25, 0.3) is 0 Å². The summed E-state index contributed by atoms with van der Waals surface area (Å²) in [5.74, 6) is -0.436. The third-order valence-corrected chi connectivity index (χ3v) is 2.73. The van der Waals surface area contributed by atoms with Gasteiger partial charge in [0.2, 0.25) is 5.91 Å². The van der Waals surface area contributed by atoms with E-state index >= 15 is 0 Å². The van der Waals surface area contributed by atoms with Crippen molar-refractivity contribution in [3.05, 3.63) is 34.3 Å². The second-order valence-corrected chi connectivity index (χ2v) is 4.51. The van der Waals surface area contributed by atoms with Gasteiger partial charge in [-0.2, -0.15) is 0 Å². The molecular weight excluding hydrogens is 284 g/mol. The van der Waals surface area contributed by atoms with Crippen molar-refractivity contribution in [2.45, 2.75) is 19.9 Å². The Kier molecular flexibility index (Phi) is 5.15. The lowest BCUT2D eigenvalue weighted by molar-refractivity contribution is -0.122. The number of hydrogen-bond acceptors (Lipinski definition) is 2. The maximum Gasteiger partial charge on any atom is 0.251 e. The van der Waals surface area contributed by atoms with E-state index in [1.807, 2.05) is 6.92 Å². The fourth-order valence-corrected chi connectivity index (χ4v) is 1.54. The highest BCUT2D eigenvalue weighted by Crippen LogP contribution is 2.10. The molecule has 5 heteroatoms. The summed E-state index contributed by atoms with van der Waals surface area (Å²) in [6.45, 7) is 4.04. The number of hydrogen-bond donors (Lipinski definition) is 2. The van der Waals surface area contributed by atoms with Crippen LogP contribution in [-0.4, -0.2) is 24.4 Å². The Balaban J connectivity index is 2.60. The smallest absolute Gasteiger partial charge is 0.251 e. The Morgan fingerprint density at radius 1 is 1.29 bits per heavy atom. The van der Waals surface area contributed by atoms with Crippen LogP contribution in [0.4, 0.5) is 0 Å². The average Bonchev–Trinajstić information content (AvgIpc) is 2.30. The molecule has 1 atom stereocenters. The van der Waals surface area contributed by atoms with E-state index in [1.54, 1.807) is 31.2 Å². The molecule has 0 bridgehead atoms. The van der Waals surface area contributed by atoms with Crippen molar-refractivity contribution in [3.63, 3.8) is 0 Å². The Bertz CT molecular complexity index is 403. The molecule has 1 aromatic carbocycles. The predicted molar refractivity (Wildman–Crippen MR) is 69.8 cm³/mol. The third-order valence-electron chi connectivity index (χ3n) is 2.20. The molecule has 4 nitrogen and oxygen atoms in total. The Labute approximate surface area is 109 Å². The van der Waals surface area contributed by atoms with Gasteiger partial charge in [-0.3, -0.25) is 9.59 Å². The van der Waals surface area contributed by atoms with Crippen LogP contribution in [0.15, 0.2) is 28.7 Å². The molecule has 0 heterocycles. The van der Waals surface area contributed by atoms with Crippen LogP contribution < -0.4 is 10.6 Å². The zero-order valence-corrected chi connectivity index (χ0v) is 11.4. The SMILES string of the molecule is CCNC(=O)[C@@H](C)NC(=O)c1ccc(Br)cc1. The molecule has 17 heavy (non-hydrogen) atoms. The molecule has 0 fully saturated rings. The van der Waals surface area contributed by atoms with Gasteiger partial charge in [-0.15, -0.1) is 0 Å². The largest absolute Gasteiger partial charge is 0.355 e. The molecule has 0 saturated heterocycles. The van der Waals surface area contributed by atoms with Gasteiger partial charge >= 0.3 is 0 Å². The molecule has 0 aromatic heterocycles. The first-order valence-electron chi connectivity index (χ1n) is 5.38.